The van der Waals surface area contributed by atoms with Crippen molar-refractivity contribution in [2.45, 2.75) is 26.0 Å². The summed E-state index contributed by atoms with van der Waals surface area (Å²) in [6.45, 7) is 1.90. The lowest BCUT2D eigenvalue weighted by atomic mass is 10.1. The first kappa shape index (κ1) is 19.9. The predicted molar refractivity (Wildman–Crippen MR) is 99.5 cm³/mol. The summed E-state index contributed by atoms with van der Waals surface area (Å²) in [5.41, 5.74) is 1.05. The van der Waals surface area contributed by atoms with Gasteiger partial charge in [0.2, 0.25) is 5.91 Å². The van der Waals surface area contributed by atoms with Crippen LogP contribution in [0.3, 0.4) is 0 Å². The van der Waals surface area contributed by atoms with Crippen LogP contribution < -0.4 is 10.1 Å². The number of nitrogens with one attached hydrogen (secondary N) is 1. The zero-order chi connectivity index (χ0) is 20.1. The van der Waals surface area contributed by atoms with E-state index >= 15 is 0 Å². The zero-order valence-electron chi connectivity index (χ0n) is 14.9. The molecule has 1 heterocycles. The van der Waals surface area contributed by atoms with E-state index in [1.807, 2.05) is 0 Å². The SMILES string of the molecule is CC(NC(=O)Cc1csc(COc2ccc(F)cc2)n1)c1ccc(F)c(F)c1. The highest BCUT2D eigenvalue weighted by Crippen LogP contribution is 2.18. The van der Waals surface area contributed by atoms with Crippen LogP contribution in [0.1, 0.15) is 29.2 Å². The molecule has 0 spiro atoms. The quantitative estimate of drug-likeness (QED) is 0.626. The van der Waals surface area contributed by atoms with E-state index in [2.05, 4.69) is 10.3 Å². The molecule has 0 aliphatic carbocycles. The van der Waals surface area contributed by atoms with Gasteiger partial charge in [0.1, 0.15) is 23.2 Å². The topological polar surface area (TPSA) is 51.2 Å². The summed E-state index contributed by atoms with van der Waals surface area (Å²) >= 11 is 1.35. The number of thiazole rings is 1. The van der Waals surface area contributed by atoms with Crippen molar-refractivity contribution in [3.63, 3.8) is 0 Å². The molecule has 2 aromatic carbocycles. The first-order valence-corrected chi connectivity index (χ1v) is 9.34. The lowest BCUT2D eigenvalue weighted by molar-refractivity contribution is -0.121. The van der Waals surface area contributed by atoms with Crippen LogP contribution in [0.25, 0.3) is 0 Å². The summed E-state index contributed by atoms with van der Waals surface area (Å²) in [5, 5.41) is 5.17. The van der Waals surface area contributed by atoms with Gasteiger partial charge in [-0.1, -0.05) is 6.07 Å². The minimum atomic E-state index is -0.955. The Bertz CT molecular complexity index is 960. The standard InChI is InChI=1S/C20H17F3N2O2S/c1-12(13-2-7-17(22)18(23)8-13)24-19(26)9-15-11-28-20(25-15)10-27-16-5-3-14(21)4-6-16/h2-8,11-12H,9-10H2,1H3,(H,24,26). The Kier molecular flexibility index (Phi) is 6.30. The third-order valence-electron chi connectivity index (χ3n) is 3.94. The molecule has 3 aromatic rings. The summed E-state index contributed by atoms with van der Waals surface area (Å²) in [4.78, 5) is 16.5. The number of carbonyl (C=O) groups excluding carboxylic acids is 1. The Morgan fingerprint density at radius 3 is 2.61 bits per heavy atom. The average molecular weight is 406 g/mol. The Morgan fingerprint density at radius 1 is 1.14 bits per heavy atom. The average Bonchev–Trinajstić information content (AvgIpc) is 3.10. The molecule has 0 saturated carbocycles. The summed E-state index contributed by atoms with van der Waals surface area (Å²) < 4.78 is 44.7. The number of aromatic nitrogens is 1. The maximum absolute atomic E-state index is 13.3. The highest BCUT2D eigenvalue weighted by atomic mass is 32.1. The van der Waals surface area contributed by atoms with Crippen LogP contribution in [0.2, 0.25) is 0 Å². The third kappa shape index (κ3) is 5.32. The molecule has 4 nitrogen and oxygen atoms in total. The summed E-state index contributed by atoms with van der Waals surface area (Å²) in [6.07, 6.45) is 0.0566. The molecule has 8 heteroatoms. The van der Waals surface area contributed by atoms with E-state index in [0.29, 0.717) is 22.0 Å². The molecule has 0 radical (unpaired) electrons. The number of rotatable bonds is 7. The van der Waals surface area contributed by atoms with E-state index in [1.54, 1.807) is 12.3 Å². The van der Waals surface area contributed by atoms with Crippen molar-refractivity contribution in [3.05, 3.63) is 81.6 Å². The smallest absolute Gasteiger partial charge is 0.226 e. The monoisotopic (exact) mass is 406 g/mol. The van der Waals surface area contributed by atoms with Gasteiger partial charge < -0.3 is 10.1 Å². The Morgan fingerprint density at radius 2 is 1.89 bits per heavy atom. The molecule has 1 unspecified atom stereocenters. The van der Waals surface area contributed by atoms with Gasteiger partial charge in [0.15, 0.2) is 11.6 Å². The first-order chi connectivity index (χ1) is 13.4. The van der Waals surface area contributed by atoms with Gasteiger partial charge in [0, 0.05) is 5.38 Å². The van der Waals surface area contributed by atoms with Crippen molar-refractivity contribution in [2.75, 3.05) is 0 Å². The van der Waals surface area contributed by atoms with Gasteiger partial charge in [-0.05, 0) is 48.9 Å². The molecule has 1 aromatic heterocycles. The lowest BCUT2D eigenvalue weighted by Gasteiger charge is -2.14. The van der Waals surface area contributed by atoms with E-state index in [-0.39, 0.29) is 24.8 Å². The molecule has 0 aliphatic rings. The van der Waals surface area contributed by atoms with Gasteiger partial charge in [-0.15, -0.1) is 11.3 Å². The molecule has 28 heavy (non-hydrogen) atoms. The fourth-order valence-corrected chi connectivity index (χ4v) is 3.20. The van der Waals surface area contributed by atoms with Crippen LogP contribution in [0, 0.1) is 17.5 Å². The van der Waals surface area contributed by atoms with Gasteiger partial charge in [-0.2, -0.15) is 0 Å². The number of hydrogen-bond acceptors (Lipinski definition) is 4. The molecule has 1 atom stereocenters. The van der Waals surface area contributed by atoms with Crippen LogP contribution in [-0.4, -0.2) is 10.9 Å². The molecule has 0 bridgehead atoms. The molecular formula is C20H17F3N2O2S. The molecule has 1 N–H and O–H groups in total. The van der Waals surface area contributed by atoms with Crippen molar-refractivity contribution in [2.24, 2.45) is 0 Å². The summed E-state index contributed by atoms with van der Waals surface area (Å²) in [6, 6.07) is 8.71. The fraction of sp³-hybridized carbons (Fsp3) is 0.200. The zero-order valence-corrected chi connectivity index (χ0v) is 15.7. The van der Waals surface area contributed by atoms with Gasteiger partial charge >= 0.3 is 0 Å². The normalized spacial score (nSPS) is 11.9. The summed E-state index contributed by atoms with van der Waals surface area (Å²) in [7, 11) is 0. The van der Waals surface area contributed by atoms with Gasteiger partial charge in [-0.3, -0.25) is 4.79 Å². The molecule has 0 fully saturated rings. The molecule has 1 amide bonds. The van der Waals surface area contributed by atoms with Gasteiger partial charge in [0.05, 0.1) is 18.2 Å². The van der Waals surface area contributed by atoms with E-state index in [1.165, 1.54) is 41.7 Å². The maximum Gasteiger partial charge on any atom is 0.226 e. The van der Waals surface area contributed by atoms with E-state index in [0.717, 1.165) is 12.1 Å². The number of nitrogens with zero attached hydrogens (tertiary/aromatic N) is 1. The molecule has 0 saturated heterocycles. The number of amides is 1. The second-order valence-electron chi connectivity index (χ2n) is 6.11. The number of ether oxygens (including phenoxy) is 1. The van der Waals surface area contributed by atoms with Crippen LogP contribution in [-0.2, 0) is 17.8 Å². The van der Waals surface area contributed by atoms with Crippen molar-refractivity contribution in [1.82, 2.24) is 10.3 Å². The number of halogens is 3. The number of benzene rings is 2. The molecule has 3 rings (SSSR count). The third-order valence-corrected chi connectivity index (χ3v) is 4.81. The Labute approximate surface area is 164 Å². The second kappa shape index (κ2) is 8.88. The number of carbonyl (C=O) groups is 1. The minimum Gasteiger partial charge on any atom is -0.486 e. The first-order valence-electron chi connectivity index (χ1n) is 8.46. The van der Waals surface area contributed by atoms with Gasteiger partial charge in [-0.25, -0.2) is 18.2 Å². The highest BCUT2D eigenvalue weighted by molar-refractivity contribution is 7.09. The van der Waals surface area contributed by atoms with Crippen molar-refractivity contribution in [3.8, 4) is 5.75 Å². The Balaban J connectivity index is 1.51. The lowest BCUT2D eigenvalue weighted by Crippen LogP contribution is -2.28. The predicted octanol–water partition coefficient (Wildman–Crippen LogP) is 4.56. The van der Waals surface area contributed by atoms with Crippen molar-refractivity contribution >= 4 is 17.2 Å². The largest absolute Gasteiger partial charge is 0.486 e. The Hall–Kier alpha value is -2.87. The fourth-order valence-electron chi connectivity index (χ4n) is 2.49. The highest BCUT2D eigenvalue weighted by Gasteiger charge is 2.14. The van der Waals surface area contributed by atoms with E-state index < -0.39 is 17.7 Å². The van der Waals surface area contributed by atoms with Crippen molar-refractivity contribution < 1.29 is 22.7 Å². The molecule has 146 valence electrons. The van der Waals surface area contributed by atoms with Crippen molar-refractivity contribution in [1.29, 1.82) is 0 Å². The number of hydrogen-bond donors (Lipinski definition) is 1. The summed E-state index contributed by atoms with van der Waals surface area (Å²) in [5.74, 6) is -1.98. The van der Waals surface area contributed by atoms with Crippen LogP contribution >= 0.6 is 11.3 Å². The molecule has 0 aliphatic heterocycles. The van der Waals surface area contributed by atoms with E-state index in [4.69, 9.17) is 4.74 Å². The van der Waals surface area contributed by atoms with Crippen LogP contribution in [0.4, 0.5) is 13.2 Å². The minimum absolute atomic E-state index is 0.0566. The van der Waals surface area contributed by atoms with Crippen LogP contribution in [0.5, 0.6) is 5.75 Å². The van der Waals surface area contributed by atoms with Gasteiger partial charge in [0.25, 0.3) is 0 Å². The maximum atomic E-state index is 13.3. The molecular weight excluding hydrogens is 389 g/mol. The second-order valence-corrected chi connectivity index (χ2v) is 7.06. The van der Waals surface area contributed by atoms with E-state index in [9.17, 15) is 18.0 Å². The van der Waals surface area contributed by atoms with Crippen LogP contribution in [0.15, 0.2) is 47.8 Å².